The molecular formula is C14H22N2O3. The van der Waals surface area contributed by atoms with Gasteiger partial charge in [-0.3, -0.25) is 9.59 Å². The van der Waals surface area contributed by atoms with Crippen LogP contribution in [-0.2, 0) is 14.3 Å². The lowest BCUT2D eigenvalue weighted by molar-refractivity contribution is -0.145. The van der Waals surface area contributed by atoms with Crippen LogP contribution in [0.15, 0.2) is 0 Å². The number of hydrogen-bond donors (Lipinski definition) is 0. The number of piperazine rings is 1. The highest BCUT2D eigenvalue weighted by Crippen LogP contribution is 2.28. The SMILES string of the molecule is O=C(C1CCC1)N1CCN(C(=O)[C@H]2CCOC2)CC1. The van der Waals surface area contributed by atoms with Gasteiger partial charge in [0.25, 0.3) is 0 Å². The van der Waals surface area contributed by atoms with Gasteiger partial charge in [0.1, 0.15) is 0 Å². The smallest absolute Gasteiger partial charge is 0.228 e. The first kappa shape index (κ1) is 12.9. The Morgan fingerprint density at radius 2 is 1.42 bits per heavy atom. The van der Waals surface area contributed by atoms with Crippen molar-refractivity contribution >= 4 is 11.8 Å². The van der Waals surface area contributed by atoms with Gasteiger partial charge in [-0.05, 0) is 19.3 Å². The molecular weight excluding hydrogens is 244 g/mol. The normalized spacial score (nSPS) is 28.3. The minimum Gasteiger partial charge on any atom is -0.381 e. The van der Waals surface area contributed by atoms with Crippen LogP contribution in [0.2, 0.25) is 0 Å². The lowest BCUT2D eigenvalue weighted by atomic mass is 9.84. The van der Waals surface area contributed by atoms with Crippen LogP contribution in [0.4, 0.5) is 0 Å². The molecule has 5 heteroatoms. The maximum Gasteiger partial charge on any atom is 0.228 e. The summed E-state index contributed by atoms with van der Waals surface area (Å²) in [6, 6.07) is 0. The molecule has 1 aliphatic carbocycles. The number of ether oxygens (including phenoxy) is 1. The van der Waals surface area contributed by atoms with E-state index in [0.717, 1.165) is 19.3 Å². The van der Waals surface area contributed by atoms with Crippen molar-refractivity contribution < 1.29 is 14.3 Å². The van der Waals surface area contributed by atoms with E-state index >= 15 is 0 Å². The third-order valence-electron chi connectivity index (χ3n) is 4.64. The Bertz CT molecular complexity index is 354. The van der Waals surface area contributed by atoms with Gasteiger partial charge in [0, 0.05) is 38.7 Å². The van der Waals surface area contributed by atoms with Crippen LogP contribution in [0.3, 0.4) is 0 Å². The van der Waals surface area contributed by atoms with Crippen molar-refractivity contribution in [1.82, 2.24) is 9.80 Å². The maximum absolute atomic E-state index is 12.2. The summed E-state index contributed by atoms with van der Waals surface area (Å²) in [7, 11) is 0. The number of carbonyl (C=O) groups is 2. The topological polar surface area (TPSA) is 49.9 Å². The van der Waals surface area contributed by atoms with Crippen molar-refractivity contribution in [3.8, 4) is 0 Å². The fourth-order valence-corrected chi connectivity index (χ4v) is 3.05. The zero-order chi connectivity index (χ0) is 13.2. The fourth-order valence-electron chi connectivity index (χ4n) is 3.05. The molecule has 2 saturated heterocycles. The van der Waals surface area contributed by atoms with E-state index in [1.807, 2.05) is 9.80 Å². The van der Waals surface area contributed by atoms with E-state index in [1.165, 1.54) is 6.42 Å². The van der Waals surface area contributed by atoms with E-state index in [0.29, 0.717) is 45.3 Å². The second-order valence-corrected chi connectivity index (χ2v) is 5.84. The van der Waals surface area contributed by atoms with Crippen molar-refractivity contribution in [2.24, 2.45) is 11.8 Å². The van der Waals surface area contributed by atoms with Gasteiger partial charge < -0.3 is 14.5 Å². The lowest BCUT2D eigenvalue weighted by Crippen LogP contribution is -2.53. The van der Waals surface area contributed by atoms with Gasteiger partial charge in [0.2, 0.25) is 11.8 Å². The monoisotopic (exact) mass is 266 g/mol. The average molecular weight is 266 g/mol. The van der Waals surface area contributed by atoms with Gasteiger partial charge >= 0.3 is 0 Å². The average Bonchev–Trinajstić information content (AvgIpc) is 2.90. The number of hydrogen-bond acceptors (Lipinski definition) is 3. The zero-order valence-electron chi connectivity index (χ0n) is 11.3. The number of carbonyl (C=O) groups excluding carboxylic acids is 2. The minimum atomic E-state index is 0.0499. The van der Waals surface area contributed by atoms with E-state index < -0.39 is 0 Å². The fraction of sp³-hybridized carbons (Fsp3) is 0.857. The van der Waals surface area contributed by atoms with Crippen LogP contribution in [0.1, 0.15) is 25.7 Å². The maximum atomic E-state index is 12.2. The Morgan fingerprint density at radius 3 is 1.84 bits per heavy atom. The molecule has 0 N–H and O–H groups in total. The largest absolute Gasteiger partial charge is 0.381 e. The molecule has 0 aromatic rings. The summed E-state index contributed by atoms with van der Waals surface area (Å²) >= 11 is 0. The molecule has 0 spiro atoms. The van der Waals surface area contributed by atoms with Gasteiger partial charge in [-0.15, -0.1) is 0 Å². The Morgan fingerprint density at radius 1 is 0.842 bits per heavy atom. The van der Waals surface area contributed by atoms with Gasteiger partial charge in [-0.25, -0.2) is 0 Å². The molecule has 0 aromatic heterocycles. The highest BCUT2D eigenvalue weighted by Gasteiger charge is 2.34. The molecule has 3 aliphatic rings. The van der Waals surface area contributed by atoms with Crippen LogP contribution in [0.25, 0.3) is 0 Å². The second kappa shape index (κ2) is 5.49. The van der Waals surface area contributed by atoms with Crippen molar-refractivity contribution in [2.75, 3.05) is 39.4 Å². The lowest BCUT2D eigenvalue weighted by Gasteiger charge is -2.38. The number of rotatable bonds is 2. The summed E-state index contributed by atoms with van der Waals surface area (Å²) in [6.07, 6.45) is 4.14. The molecule has 106 valence electrons. The first-order valence-corrected chi connectivity index (χ1v) is 7.41. The molecule has 5 nitrogen and oxygen atoms in total. The quantitative estimate of drug-likeness (QED) is 0.731. The molecule has 2 aliphatic heterocycles. The Hall–Kier alpha value is -1.10. The molecule has 2 amide bonds. The Kier molecular flexibility index (Phi) is 3.73. The molecule has 3 fully saturated rings. The first-order chi connectivity index (χ1) is 9.25. The molecule has 0 unspecified atom stereocenters. The third-order valence-corrected chi connectivity index (χ3v) is 4.64. The predicted molar refractivity (Wildman–Crippen MR) is 69.4 cm³/mol. The molecule has 0 bridgehead atoms. The standard InChI is InChI=1S/C14H22N2O3/c17-13(11-2-1-3-11)15-5-7-16(8-6-15)14(18)12-4-9-19-10-12/h11-12H,1-10H2/t12-/m0/s1. The Labute approximate surface area is 113 Å². The van der Waals surface area contributed by atoms with Crippen molar-refractivity contribution in [3.05, 3.63) is 0 Å². The Balaban J connectivity index is 1.48. The highest BCUT2D eigenvalue weighted by molar-refractivity contribution is 5.81. The minimum absolute atomic E-state index is 0.0499. The molecule has 3 rings (SSSR count). The van der Waals surface area contributed by atoms with Gasteiger partial charge in [0.15, 0.2) is 0 Å². The molecule has 19 heavy (non-hydrogen) atoms. The van der Waals surface area contributed by atoms with Crippen molar-refractivity contribution in [3.63, 3.8) is 0 Å². The van der Waals surface area contributed by atoms with Crippen LogP contribution >= 0.6 is 0 Å². The van der Waals surface area contributed by atoms with E-state index in [4.69, 9.17) is 4.74 Å². The summed E-state index contributed by atoms with van der Waals surface area (Å²) in [5.74, 6) is 0.843. The molecule has 0 radical (unpaired) electrons. The van der Waals surface area contributed by atoms with Crippen LogP contribution in [-0.4, -0.2) is 61.0 Å². The van der Waals surface area contributed by atoms with E-state index in [2.05, 4.69) is 0 Å². The van der Waals surface area contributed by atoms with E-state index in [-0.39, 0.29) is 17.7 Å². The van der Waals surface area contributed by atoms with Crippen LogP contribution < -0.4 is 0 Å². The van der Waals surface area contributed by atoms with E-state index in [1.54, 1.807) is 0 Å². The molecule has 0 aromatic carbocycles. The molecule has 1 saturated carbocycles. The number of nitrogens with zero attached hydrogens (tertiary/aromatic N) is 2. The van der Waals surface area contributed by atoms with Gasteiger partial charge in [-0.1, -0.05) is 6.42 Å². The second-order valence-electron chi connectivity index (χ2n) is 5.84. The molecule has 1 atom stereocenters. The summed E-state index contributed by atoms with van der Waals surface area (Å²) in [4.78, 5) is 28.2. The van der Waals surface area contributed by atoms with Crippen LogP contribution in [0, 0.1) is 11.8 Å². The van der Waals surface area contributed by atoms with Gasteiger partial charge in [-0.2, -0.15) is 0 Å². The summed E-state index contributed by atoms with van der Waals surface area (Å²) < 4.78 is 5.27. The number of amides is 2. The first-order valence-electron chi connectivity index (χ1n) is 7.41. The highest BCUT2D eigenvalue weighted by atomic mass is 16.5. The van der Waals surface area contributed by atoms with Gasteiger partial charge in [0.05, 0.1) is 12.5 Å². The van der Waals surface area contributed by atoms with Crippen LogP contribution in [0.5, 0.6) is 0 Å². The summed E-state index contributed by atoms with van der Waals surface area (Å²) in [6.45, 7) is 4.06. The zero-order valence-corrected chi connectivity index (χ0v) is 11.3. The summed E-state index contributed by atoms with van der Waals surface area (Å²) in [5.41, 5.74) is 0. The summed E-state index contributed by atoms with van der Waals surface area (Å²) in [5, 5.41) is 0. The van der Waals surface area contributed by atoms with Crippen molar-refractivity contribution in [1.29, 1.82) is 0 Å². The van der Waals surface area contributed by atoms with Crippen molar-refractivity contribution in [2.45, 2.75) is 25.7 Å². The predicted octanol–water partition coefficient (Wildman–Crippen LogP) is 0.494. The van der Waals surface area contributed by atoms with E-state index in [9.17, 15) is 9.59 Å². The third kappa shape index (κ3) is 2.61. The molecule has 2 heterocycles.